The van der Waals surface area contributed by atoms with E-state index in [0.29, 0.717) is 54.9 Å². The Hall–Kier alpha value is -5.66. The number of hydrogen-bond donors (Lipinski definition) is 7. The lowest BCUT2D eigenvalue weighted by molar-refractivity contribution is -0.135. The number of carbonyl (C=O) groups excluding carboxylic acids is 2. The third-order valence-corrected chi connectivity index (χ3v) is 22.2. The number of phenols is 1. The largest absolute Gasteiger partial charge is 0.508 e. The number of nitrogens with one attached hydrogen (secondary N) is 4. The summed E-state index contributed by atoms with van der Waals surface area (Å²) in [5.41, 5.74) is 9.36. The Morgan fingerprint density at radius 1 is 0.831 bits per heavy atom. The number of aliphatic hydroxyl groups excluding tert-OH is 1. The number of phenolic OH excluding ortho intramolecular Hbond substituents is 1. The van der Waals surface area contributed by atoms with Crippen LogP contribution in [0.2, 0.25) is 0 Å². The van der Waals surface area contributed by atoms with E-state index in [9.17, 15) is 15.3 Å². The van der Waals surface area contributed by atoms with Gasteiger partial charge in [0.25, 0.3) is 0 Å². The number of benzene rings is 4. The fourth-order valence-corrected chi connectivity index (χ4v) is 18.2. The monoisotopic (exact) mass is 1120 g/mol. The second-order valence-electron chi connectivity index (χ2n) is 26.9. The summed E-state index contributed by atoms with van der Waals surface area (Å²) >= 11 is 0. The average Bonchev–Trinajstić information content (AvgIpc) is 3.83. The first-order valence-corrected chi connectivity index (χ1v) is 32.0. The molecule has 12 atom stereocenters. The molecule has 11 heteroatoms. The van der Waals surface area contributed by atoms with Crippen molar-refractivity contribution in [2.24, 2.45) is 52.3 Å². The molecule has 0 radical (unpaired) electrons. The molecule has 12 unspecified atom stereocenters. The van der Waals surface area contributed by atoms with Crippen molar-refractivity contribution in [2.45, 2.75) is 160 Å². The summed E-state index contributed by atoms with van der Waals surface area (Å²) in [6, 6.07) is 34.0. The second kappa shape index (κ2) is 23.3. The number of carbonyl (C=O) groups is 2. The van der Waals surface area contributed by atoms with Gasteiger partial charge >= 0.3 is 11.9 Å². The third kappa shape index (κ3) is 10.6. The predicted octanol–water partition coefficient (Wildman–Crippen LogP) is 12.1. The number of ether oxygens (including phenoxy) is 2. The van der Waals surface area contributed by atoms with Gasteiger partial charge < -0.3 is 46.1 Å². The zero-order valence-corrected chi connectivity index (χ0v) is 49.2. The molecule has 15 rings (SSSR count). The van der Waals surface area contributed by atoms with Gasteiger partial charge in [0.15, 0.2) is 0 Å². The van der Waals surface area contributed by atoms with E-state index >= 15 is 9.59 Å². The van der Waals surface area contributed by atoms with Crippen LogP contribution < -0.4 is 21.3 Å². The van der Waals surface area contributed by atoms with Gasteiger partial charge in [-0.3, -0.25) is 0 Å². The number of rotatable bonds is 12. The van der Waals surface area contributed by atoms with E-state index in [2.05, 4.69) is 120 Å². The Kier molecular flexibility index (Phi) is 15.9. The van der Waals surface area contributed by atoms with Gasteiger partial charge in [0.05, 0.1) is 28.9 Å². The standard InChI is InChI=1S/C72H88N4O7/c1-4-45(34-46-12-6-5-7-13-46)37-61-72-31-23-55-56-20-21-57-60(82-68(79)64(57)65(56)72)24-29-70(52-26-33-75-62(38-52)73-3)40-51(22-30-71(81)27-8-9-28-71)59(41-70)67(76-42-44(2)77)50-17-10-14-47(35-50)25-32-74-43-48-15-11-16-49(36-48)54-19-18-53(78)39-58(54)63(55)66(72)69(80)83-61/h5-7,10-19,24,35-37,39,44-45,51-52,55-56,59,62,65,67,73-78,81H,4,8-9,20-23,25-34,38,40-43H2,1-3H3. The molecule has 2 saturated heterocycles. The first-order valence-electron chi connectivity index (χ1n) is 32.0. The molecular weight excluding hydrogens is 1030 g/mol. The van der Waals surface area contributed by atoms with Crippen LogP contribution in [-0.2, 0) is 38.4 Å². The minimum atomic E-state index is -0.912. The maximum absolute atomic E-state index is 15.4. The van der Waals surface area contributed by atoms with E-state index in [1.165, 1.54) is 16.7 Å². The number of fused-ring (bicyclic) bond motifs is 5. The number of aromatic hydroxyl groups is 1. The number of piperidine rings is 1. The summed E-state index contributed by atoms with van der Waals surface area (Å²) in [5.74, 6) is 1.49. The van der Waals surface area contributed by atoms with Gasteiger partial charge in [-0.05, 0) is 246 Å². The van der Waals surface area contributed by atoms with E-state index in [-0.39, 0.29) is 64.9 Å². The van der Waals surface area contributed by atoms with Crippen molar-refractivity contribution in [3.05, 3.63) is 165 Å². The Bertz CT molecular complexity index is 3230. The topological polar surface area (TPSA) is 161 Å². The van der Waals surface area contributed by atoms with Crippen LogP contribution in [0.5, 0.6) is 5.75 Å². The lowest BCUT2D eigenvalue weighted by Gasteiger charge is -2.56. The summed E-state index contributed by atoms with van der Waals surface area (Å²) < 4.78 is 13.5. The van der Waals surface area contributed by atoms with Crippen LogP contribution in [0.4, 0.5) is 0 Å². The molecule has 5 aliphatic heterocycles. The van der Waals surface area contributed by atoms with Crippen molar-refractivity contribution in [1.82, 2.24) is 21.3 Å². The number of aliphatic hydroxyl groups is 2. The van der Waals surface area contributed by atoms with Crippen LogP contribution in [0.15, 0.2) is 137 Å². The number of allylic oxidation sites excluding steroid dienone is 5. The smallest absolute Gasteiger partial charge is 0.340 e. The van der Waals surface area contributed by atoms with Gasteiger partial charge in [0.2, 0.25) is 0 Å². The molecular formula is C72H88N4O7. The minimum Gasteiger partial charge on any atom is -0.508 e. The molecule has 4 aromatic rings. The molecule has 11 aliphatic rings. The maximum atomic E-state index is 15.4. The minimum absolute atomic E-state index is 0.0232. The highest BCUT2D eigenvalue weighted by Crippen LogP contribution is 2.72. The molecule has 7 N–H and O–H groups in total. The van der Waals surface area contributed by atoms with Crippen LogP contribution in [0.25, 0.3) is 16.7 Å². The molecule has 438 valence electrons. The lowest BCUT2D eigenvalue weighted by atomic mass is 9.44. The second-order valence-corrected chi connectivity index (χ2v) is 26.9. The maximum Gasteiger partial charge on any atom is 0.340 e. The summed E-state index contributed by atoms with van der Waals surface area (Å²) in [6.07, 6.45) is 20.0. The van der Waals surface area contributed by atoms with Gasteiger partial charge in [-0.25, -0.2) is 9.59 Å². The highest BCUT2D eigenvalue weighted by atomic mass is 16.6. The normalized spacial score (nSPS) is 32.2. The number of esters is 2. The molecule has 5 fully saturated rings. The number of cyclic esters (lactones) is 1. The van der Waals surface area contributed by atoms with Gasteiger partial charge in [-0.15, -0.1) is 0 Å². The molecule has 6 aliphatic carbocycles. The Labute approximate surface area is 491 Å². The highest BCUT2D eigenvalue weighted by molar-refractivity contribution is 6.07. The van der Waals surface area contributed by atoms with E-state index in [4.69, 9.17) is 9.47 Å². The summed E-state index contributed by atoms with van der Waals surface area (Å²) in [6.45, 7) is 6.90. The van der Waals surface area contributed by atoms with Crippen molar-refractivity contribution in [3.63, 3.8) is 0 Å². The number of hydrogen-bond acceptors (Lipinski definition) is 11. The molecule has 0 amide bonds. The fraction of sp³-hybridized carbons (Fsp3) is 0.528. The molecule has 11 nitrogen and oxygen atoms in total. The van der Waals surface area contributed by atoms with Crippen molar-refractivity contribution in [3.8, 4) is 16.9 Å². The van der Waals surface area contributed by atoms with Crippen LogP contribution in [0.1, 0.15) is 150 Å². The predicted molar refractivity (Wildman–Crippen MR) is 325 cm³/mol. The summed E-state index contributed by atoms with van der Waals surface area (Å²) in [4.78, 5) is 30.8. The quantitative estimate of drug-likeness (QED) is 0.0677. The Morgan fingerprint density at radius 3 is 2.48 bits per heavy atom. The van der Waals surface area contributed by atoms with E-state index in [1.807, 2.05) is 25.1 Å². The molecule has 4 aromatic carbocycles. The third-order valence-electron chi connectivity index (χ3n) is 22.2. The van der Waals surface area contributed by atoms with Crippen molar-refractivity contribution in [1.29, 1.82) is 0 Å². The molecule has 83 heavy (non-hydrogen) atoms. The van der Waals surface area contributed by atoms with Gasteiger partial charge in [0.1, 0.15) is 17.3 Å². The van der Waals surface area contributed by atoms with E-state index in [1.54, 1.807) is 6.07 Å². The molecule has 14 bridgehead atoms. The lowest BCUT2D eigenvalue weighted by Crippen LogP contribution is -2.52. The molecule has 3 saturated carbocycles. The highest BCUT2D eigenvalue weighted by Gasteiger charge is 2.69. The Balaban J connectivity index is 0.984. The first kappa shape index (κ1) is 56.5. The zero-order valence-electron chi connectivity index (χ0n) is 49.2. The van der Waals surface area contributed by atoms with Gasteiger partial charge in [-0.1, -0.05) is 98.6 Å². The van der Waals surface area contributed by atoms with Crippen LogP contribution >= 0.6 is 0 Å². The van der Waals surface area contributed by atoms with Crippen molar-refractivity contribution < 1.29 is 34.4 Å². The summed E-state index contributed by atoms with van der Waals surface area (Å²) in [5, 5.41) is 49.7. The molecule has 1 spiro atoms. The molecule has 0 aromatic heterocycles. The van der Waals surface area contributed by atoms with Crippen LogP contribution in [0, 0.1) is 52.3 Å². The average molecular weight is 1120 g/mol. The van der Waals surface area contributed by atoms with E-state index in [0.717, 1.165) is 155 Å². The van der Waals surface area contributed by atoms with Gasteiger partial charge in [-0.2, -0.15) is 0 Å². The van der Waals surface area contributed by atoms with Crippen LogP contribution in [-0.4, -0.2) is 71.8 Å². The zero-order chi connectivity index (χ0) is 57.0. The van der Waals surface area contributed by atoms with Crippen LogP contribution in [0.3, 0.4) is 0 Å². The van der Waals surface area contributed by atoms with Gasteiger partial charge in [0, 0.05) is 36.2 Å². The summed E-state index contributed by atoms with van der Waals surface area (Å²) in [7, 11) is 2.06. The Morgan fingerprint density at radius 2 is 1.66 bits per heavy atom. The van der Waals surface area contributed by atoms with Crippen molar-refractivity contribution in [2.75, 3.05) is 26.7 Å². The first-order chi connectivity index (χ1) is 40.4. The fourth-order valence-electron chi connectivity index (χ4n) is 18.2. The SMILES string of the molecule is CCC(C=C1OC(=O)C2=C3c4cc(O)ccc4-c4cccc(c4)CNCCc4cccc(c4)C(NCC(C)O)C4CC(C5CCNC(NC)C5)(CC=C5OC(=O)C6=C5CCC5C3CCC12C65)CC4CCC1(O)CCCC1)Cc1ccccc1. The van der Waals surface area contributed by atoms with E-state index < -0.39 is 17.1 Å². The van der Waals surface area contributed by atoms with Crippen molar-refractivity contribution >= 4 is 17.5 Å². The molecule has 5 heterocycles.